The van der Waals surface area contributed by atoms with E-state index >= 15 is 0 Å². The van der Waals surface area contributed by atoms with Gasteiger partial charge < -0.3 is 15.0 Å². The van der Waals surface area contributed by atoms with Crippen LogP contribution in [0.5, 0.6) is 5.75 Å². The fraction of sp³-hybridized carbons (Fsp3) is 0.105. The number of hydrogen-bond acceptors (Lipinski definition) is 4. The van der Waals surface area contributed by atoms with Crippen LogP contribution >= 0.6 is 0 Å². The molecular weight excluding hydrogens is 318 g/mol. The van der Waals surface area contributed by atoms with Gasteiger partial charge in [0.25, 0.3) is 11.5 Å². The molecule has 2 aromatic carbocycles. The maximum Gasteiger partial charge on any atom is 0.264 e. The molecule has 2 N–H and O–H groups in total. The second-order valence-corrected chi connectivity index (χ2v) is 5.22. The van der Waals surface area contributed by atoms with Crippen molar-refractivity contribution >= 4 is 11.6 Å². The highest BCUT2D eigenvalue weighted by atomic mass is 16.5. The maximum absolute atomic E-state index is 12.4. The van der Waals surface area contributed by atoms with Gasteiger partial charge in [-0.05, 0) is 19.1 Å². The topological polar surface area (TPSA) is 84.1 Å². The summed E-state index contributed by atoms with van der Waals surface area (Å²) in [5.74, 6) is 0.418. The van der Waals surface area contributed by atoms with Crippen LogP contribution in [0.1, 0.15) is 17.3 Å². The first kappa shape index (κ1) is 16.4. The van der Waals surface area contributed by atoms with Crippen molar-refractivity contribution in [2.24, 2.45) is 0 Å². The number of aromatic nitrogens is 2. The third-order valence-electron chi connectivity index (χ3n) is 3.53. The van der Waals surface area contributed by atoms with Gasteiger partial charge in [-0.15, -0.1) is 0 Å². The van der Waals surface area contributed by atoms with Crippen molar-refractivity contribution in [2.75, 3.05) is 11.9 Å². The predicted molar refractivity (Wildman–Crippen MR) is 95.9 cm³/mol. The second kappa shape index (κ2) is 7.44. The van der Waals surface area contributed by atoms with E-state index in [-0.39, 0.29) is 5.56 Å². The van der Waals surface area contributed by atoms with Crippen LogP contribution in [-0.2, 0) is 0 Å². The molecule has 0 aliphatic carbocycles. The van der Waals surface area contributed by atoms with Crippen LogP contribution in [-0.4, -0.2) is 22.5 Å². The first-order valence-corrected chi connectivity index (χ1v) is 7.87. The first-order valence-electron chi connectivity index (χ1n) is 7.87. The van der Waals surface area contributed by atoms with E-state index in [4.69, 9.17) is 4.74 Å². The SMILES string of the molecule is CCOc1ccccc1NC(=O)c1cnc(-c2ccccc2)[nH]c1=O. The van der Waals surface area contributed by atoms with Crippen molar-refractivity contribution in [3.8, 4) is 17.1 Å². The highest BCUT2D eigenvalue weighted by molar-refractivity contribution is 6.04. The van der Waals surface area contributed by atoms with Crippen LogP contribution < -0.4 is 15.6 Å². The van der Waals surface area contributed by atoms with E-state index in [0.717, 1.165) is 5.56 Å². The summed E-state index contributed by atoms with van der Waals surface area (Å²) in [5, 5.41) is 2.69. The van der Waals surface area contributed by atoms with Crippen LogP contribution in [0.25, 0.3) is 11.4 Å². The lowest BCUT2D eigenvalue weighted by Crippen LogP contribution is -2.24. The van der Waals surface area contributed by atoms with Gasteiger partial charge in [0.1, 0.15) is 17.1 Å². The molecule has 0 unspecified atom stereocenters. The van der Waals surface area contributed by atoms with E-state index < -0.39 is 11.5 Å². The number of nitrogens with one attached hydrogen (secondary N) is 2. The molecule has 25 heavy (non-hydrogen) atoms. The minimum atomic E-state index is -0.541. The zero-order valence-corrected chi connectivity index (χ0v) is 13.7. The Morgan fingerprint density at radius 1 is 1.12 bits per heavy atom. The number of H-pyrrole nitrogens is 1. The molecule has 0 fully saturated rings. The minimum absolute atomic E-state index is 0.0639. The number of ether oxygens (including phenoxy) is 1. The Bertz CT molecular complexity index is 936. The lowest BCUT2D eigenvalue weighted by molar-refractivity contribution is 0.102. The standard InChI is InChI=1S/C19H17N3O3/c1-2-25-16-11-7-6-10-15(16)21-18(23)14-12-20-17(22-19(14)24)13-8-4-3-5-9-13/h3-12H,2H2,1H3,(H,21,23)(H,20,22,24). The van der Waals surface area contributed by atoms with Gasteiger partial charge in [-0.2, -0.15) is 0 Å². The molecule has 0 aliphatic rings. The third kappa shape index (κ3) is 3.74. The number of amides is 1. The molecule has 6 heteroatoms. The predicted octanol–water partition coefficient (Wildman–Crippen LogP) is 3.09. The van der Waals surface area contributed by atoms with Crippen LogP contribution in [0.15, 0.2) is 65.6 Å². The molecule has 1 heterocycles. The Balaban J connectivity index is 1.85. The molecule has 0 bridgehead atoms. The summed E-state index contributed by atoms with van der Waals surface area (Å²) >= 11 is 0. The van der Waals surface area contributed by atoms with Crippen molar-refractivity contribution in [1.82, 2.24) is 9.97 Å². The van der Waals surface area contributed by atoms with Crippen LogP contribution in [0, 0.1) is 0 Å². The maximum atomic E-state index is 12.4. The highest BCUT2D eigenvalue weighted by Gasteiger charge is 2.14. The Morgan fingerprint density at radius 3 is 2.56 bits per heavy atom. The number of carbonyl (C=O) groups excluding carboxylic acids is 1. The lowest BCUT2D eigenvalue weighted by atomic mass is 10.2. The van der Waals surface area contributed by atoms with Gasteiger partial charge in [-0.1, -0.05) is 42.5 Å². The average Bonchev–Trinajstić information content (AvgIpc) is 2.64. The number of para-hydroxylation sites is 2. The second-order valence-electron chi connectivity index (χ2n) is 5.22. The Morgan fingerprint density at radius 2 is 1.84 bits per heavy atom. The highest BCUT2D eigenvalue weighted by Crippen LogP contribution is 2.24. The Labute approximate surface area is 144 Å². The normalized spacial score (nSPS) is 10.3. The smallest absolute Gasteiger partial charge is 0.264 e. The summed E-state index contributed by atoms with van der Waals surface area (Å²) < 4.78 is 5.46. The molecule has 0 spiro atoms. The number of aromatic amines is 1. The van der Waals surface area contributed by atoms with Crippen LogP contribution in [0.2, 0.25) is 0 Å². The van der Waals surface area contributed by atoms with E-state index in [1.807, 2.05) is 43.3 Å². The summed E-state index contributed by atoms with van der Waals surface area (Å²) in [4.78, 5) is 31.5. The zero-order chi connectivity index (χ0) is 17.6. The summed E-state index contributed by atoms with van der Waals surface area (Å²) in [5.41, 5.74) is 0.709. The third-order valence-corrected chi connectivity index (χ3v) is 3.53. The molecule has 0 atom stereocenters. The number of nitrogens with zero attached hydrogens (tertiary/aromatic N) is 1. The molecule has 3 aromatic rings. The number of carbonyl (C=O) groups is 1. The molecule has 6 nitrogen and oxygen atoms in total. The fourth-order valence-electron chi connectivity index (χ4n) is 2.34. The molecular formula is C19H17N3O3. The number of anilines is 1. The van der Waals surface area contributed by atoms with Crippen molar-refractivity contribution in [1.29, 1.82) is 0 Å². The number of rotatable bonds is 5. The van der Waals surface area contributed by atoms with Crippen LogP contribution in [0.3, 0.4) is 0 Å². The van der Waals surface area contributed by atoms with Crippen molar-refractivity contribution in [3.05, 3.63) is 76.7 Å². The summed E-state index contributed by atoms with van der Waals surface area (Å²) in [6.45, 7) is 2.33. The largest absolute Gasteiger partial charge is 0.492 e. The summed E-state index contributed by atoms with van der Waals surface area (Å²) in [6, 6.07) is 16.3. The molecule has 126 valence electrons. The monoisotopic (exact) mass is 335 g/mol. The Hall–Kier alpha value is -3.41. The molecule has 1 amide bonds. The van der Waals surface area contributed by atoms with Gasteiger partial charge in [0.2, 0.25) is 0 Å². The zero-order valence-electron chi connectivity index (χ0n) is 13.7. The first-order chi connectivity index (χ1) is 12.2. The van der Waals surface area contributed by atoms with Crippen molar-refractivity contribution < 1.29 is 9.53 Å². The van der Waals surface area contributed by atoms with Crippen molar-refractivity contribution in [3.63, 3.8) is 0 Å². The molecule has 0 saturated carbocycles. The molecule has 1 aromatic heterocycles. The Kier molecular flexibility index (Phi) is 4.89. The van der Waals surface area contributed by atoms with E-state index in [1.54, 1.807) is 18.2 Å². The van der Waals surface area contributed by atoms with E-state index in [1.165, 1.54) is 6.20 Å². The molecule has 0 radical (unpaired) electrons. The molecule has 0 saturated heterocycles. The van der Waals surface area contributed by atoms with Gasteiger partial charge in [0.15, 0.2) is 0 Å². The molecule has 3 rings (SSSR count). The van der Waals surface area contributed by atoms with Gasteiger partial charge in [-0.3, -0.25) is 9.59 Å². The average molecular weight is 335 g/mol. The number of hydrogen-bond donors (Lipinski definition) is 2. The van der Waals surface area contributed by atoms with Gasteiger partial charge in [0.05, 0.1) is 12.3 Å². The summed E-state index contributed by atoms with van der Waals surface area (Å²) in [6.07, 6.45) is 1.28. The van der Waals surface area contributed by atoms with Gasteiger partial charge >= 0.3 is 0 Å². The van der Waals surface area contributed by atoms with E-state index in [2.05, 4.69) is 15.3 Å². The van der Waals surface area contributed by atoms with Crippen LogP contribution in [0.4, 0.5) is 5.69 Å². The van der Waals surface area contributed by atoms with E-state index in [9.17, 15) is 9.59 Å². The quantitative estimate of drug-likeness (QED) is 0.750. The van der Waals surface area contributed by atoms with E-state index in [0.29, 0.717) is 23.9 Å². The van der Waals surface area contributed by atoms with Gasteiger partial charge in [-0.25, -0.2) is 4.98 Å². The lowest BCUT2D eigenvalue weighted by Gasteiger charge is -2.11. The van der Waals surface area contributed by atoms with Gasteiger partial charge in [0, 0.05) is 11.8 Å². The summed E-state index contributed by atoms with van der Waals surface area (Å²) in [7, 11) is 0. The van der Waals surface area contributed by atoms with Crippen molar-refractivity contribution in [2.45, 2.75) is 6.92 Å². The fourth-order valence-corrected chi connectivity index (χ4v) is 2.34. The minimum Gasteiger partial charge on any atom is -0.492 e. The number of benzene rings is 2. The molecule has 0 aliphatic heterocycles.